The zero-order chi connectivity index (χ0) is 20.3. The Morgan fingerprint density at radius 1 is 1.18 bits per heavy atom. The Hall–Kier alpha value is -1.94. The first-order valence-corrected chi connectivity index (χ1v) is 11.5. The van der Waals surface area contributed by atoms with Crippen molar-refractivity contribution in [2.75, 3.05) is 6.54 Å². The first kappa shape index (κ1) is 20.8. The lowest BCUT2D eigenvalue weighted by molar-refractivity contribution is -0.122. The van der Waals surface area contributed by atoms with Gasteiger partial charge in [0.05, 0.1) is 9.80 Å². The Bertz CT molecular complexity index is 1020. The van der Waals surface area contributed by atoms with Gasteiger partial charge in [-0.2, -0.15) is 0 Å². The maximum atomic E-state index is 12.6. The fraction of sp³-hybridized carbons (Fsp3) is 0.263. The largest absolute Gasteiger partial charge is 0.457 e. The number of hydrogen-bond donors (Lipinski definition) is 1. The fourth-order valence-electron chi connectivity index (χ4n) is 2.74. The van der Waals surface area contributed by atoms with Crippen LogP contribution in [0.4, 0.5) is 0 Å². The number of sulfonamides is 1. The van der Waals surface area contributed by atoms with Gasteiger partial charge in [0.2, 0.25) is 10.0 Å². The molecule has 1 aromatic carbocycles. The summed E-state index contributed by atoms with van der Waals surface area (Å²) >= 11 is 6.59. The molecule has 3 rings (SSSR count). The third-order valence-electron chi connectivity index (χ3n) is 4.23. The van der Waals surface area contributed by atoms with Crippen molar-refractivity contribution < 1.29 is 17.6 Å². The Kier molecular flexibility index (Phi) is 6.39. The smallest absolute Gasteiger partial charge is 0.266 e. The number of unbranched alkanes of at least 4 members (excludes halogenated alkanes) is 2. The molecule has 0 bridgehead atoms. The van der Waals surface area contributed by atoms with E-state index in [1.54, 1.807) is 35.2 Å². The Morgan fingerprint density at radius 3 is 2.54 bits per heavy atom. The van der Waals surface area contributed by atoms with Gasteiger partial charge in [0.1, 0.15) is 15.8 Å². The predicted octanol–water partition coefficient (Wildman–Crippen LogP) is 3.99. The average molecular weight is 437 g/mol. The highest BCUT2D eigenvalue weighted by Gasteiger charge is 2.31. The van der Waals surface area contributed by atoms with Crippen LogP contribution in [0.15, 0.2) is 50.6 Å². The number of rotatable bonds is 7. The van der Waals surface area contributed by atoms with Gasteiger partial charge in [-0.25, -0.2) is 13.6 Å². The molecule has 0 saturated carbocycles. The molecule has 2 N–H and O–H groups in total. The maximum absolute atomic E-state index is 12.6. The minimum atomic E-state index is -3.73. The lowest BCUT2D eigenvalue weighted by Crippen LogP contribution is -2.28. The van der Waals surface area contributed by atoms with Gasteiger partial charge in [-0.05, 0) is 42.8 Å². The third-order valence-corrected chi connectivity index (χ3v) is 6.53. The molecule has 0 atom stereocenters. The molecule has 148 valence electrons. The van der Waals surface area contributed by atoms with Crippen molar-refractivity contribution >= 4 is 50.3 Å². The van der Waals surface area contributed by atoms with Gasteiger partial charge in [-0.3, -0.25) is 9.69 Å². The minimum absolute atomic E-state index is 0.0368. The lowest BCUT2D eigenvalue weighted by atomic mass is 10.2. The molecule has 1 aliphatic rings. The van der Waals surface area contributed by atoms with Crippen LogP contribution < -0.4 is 5.14 Å². The Labute approximate surface area is 173 Å². The topological polar surface area (TPSA) is 93.6 Å². The molecule has 2 heterocycles. The van der Waals surface area contributed by atoms with E-state index in [1.165, 1.54) is 23.9 Å². The monoisotopic (exact) mass is 436 g/mol. The third kappa shape index (κ3) is 4.72. The van der Waals surface area contributed by atoms with Crippen LogP contribution in [-0.2, 0) is 14.8 Å². The number of nitrogens with two attached hydrogens (primary N) is 1. The van der Waals surface area contributed by atoms with Crippen LogP contribution in [0.3, 0.4) is 0 Å². The van der Waals surface area contributed by atoms with E-state index in [1.807, 2.05) is 0 Å². The number of carbonyl (C=O) groups is 1. The van der Waals surface area contributed by atoms with Crippen molar-refractivity contribution in [2.45, 2.75) is 31.1 Å². The number of hydrogen-bond acceptors (Lipinski definition) is 6. The second-order valence-electron chi connectivity index (χ2n) is 6.31. The van der Waals surface area contributed by atoms with Crippen molar-refractivity contribution in [3.63, 3.8) is 0 Å². The van der Waals surface area contributed by atoms with Crippen molar-refractivity contribution in [3.8, 4) is 11.3 Å². The van der Waals surface area contributed by atoms with Crippen LogP contribution in [0.1, 0.15) is 31.9 Å². The van der Waals surface area contributed by atoms with Crippen LogP contribution in [0.2, 0.25) is 0 Å². The van der Waals surface area contributed by atoms with E-state index in [0.29, 0.717) is 32.9 Å². The zero-order valence-corrected chi connectivity index (χ0v) is 17.7. The molecule has 0 aliphatic carbocycles. The number of primary sulfonamides is 1. The van der Waals surface area contributed by atoms with Crippen molar-refractivity contribution in [2.24, 2.45) is 5.14 Å². The van der Waals surface area contributed by atoms with Crippen molar-refractivity contribution in [1.29, 1.82) is 0 Å². The summed E-state index contributed by atoms with van der Waals surface area (Å²) in [6.07, 6.45) is 4.75. The van der Waals surface area contributed by atoms with Gasteiger partial charge in [-0.15, -0.1) is 0 Å². The summed E-state index contributed by atoms with van der Waals surface area (Å²) in [5.41, 5.74) is 0.708. The number of benzene rings is 1. The molecule has 2 aromatic rings. The molecular weight excluding hydrogens is 416 g/mol. The molecule has 1 amide bonds. The highest BCUT2D eigenvalue weighted by Crippen LogP contribution is 2.34. The average Bonchev–Trinajstić information content (AvgIpc) is 3.21. The van der Waals surface area contributed by atoms with E-state index in [9.17, 15) is 13.2 Å². The summed E-state index contributed by atoms with van der Waals surface area (Å²) in [5.74, 6) is 0.992. The molecule has 1 fully saturated rings. The van der Waals surface area contributed by atoms with Crippen molar-refractivity contribution in [1.82, 2.24) is 4.90 Å². The highest BCUT2D eigenvalue weighted by atomic mass is 32.2. The summed E-state index contributed by atoms with van der Waals surface area (Å²) in [6, 6.07) is 9.61. The molecule has 1 aliphatic heterocycles. The van der Waals surface area contributed by atoms with Crippen LogP contribution in [0, 0.1) is 0 Å². The van der Waals surface area contributed by atoms with E-state index in [-0.39, 0.29) is 10.8 Å². The van der Waals surface area contributed by atoms with Crippen LogP contribution >= 0.6 is 24.0 Å². The molecule has 0 unspecified atom stereocenters. The van der Waals surface area contributed by atoms with Gasteiger partial charge in [0.15, 0.2) is 0 Å². The minimum Gasteiger partial charge on any atom is -0.457 e. The number of furan rings is 1. The van der Waals surface area contributed by atoms with Gasteiger partial charge in [0, 0.05) is 18.2 Å². The van der Waals surface area contributed by atoms with E-state index in [4.69, 9.17) is 21.8 Å². The van der Waals surface area contributed by atoms with E-state index in [2.05, 4.69) is 6.92 Å². The summed E-state index contributed by atoms with van der Waals surface area (Å²) in [4.78, 5) is 14.8. The lowest BCUT2D eigenvalue weighted by Gasteiger charge is -2.13. The number of thioether (sulfide) groups is 1. The molecular formula is C19H20N2O4S3. The highest BCUT2D eigenvalue weighted by molar-refractivity contribution is 8.26. The number of amides is 1. The SMILES string of the molecule is CCCCCN1C(=O)/C(=C/c2ccc(-c3ccc(S(N)(=O)=O)cc3)o2)SC1=S. The number of carbonyl (C=O) groups excluding carboxylic acids is 1. The molecule has 9 heteroatoms. The standard InChI is InChI=1S/C19H20N2O4S3/c1-2-3-4-11-21-18(22)17(27-19(21)26)12-14-7-10-16(25-14)13-5-8-15(9-6-13)28(20,23)24/h5-10,12H,2-4,11H2,1H3,(H2,20,23,24)/b17-12-. The predicted molar refractivity (Wildman–Crippen MR) is 115 cm³/mol. The molecule has 1 aromatic heterocycles. The second kappa shape index (κ2) is 8.60. The molecule has 1 saturated heterocycles. The molecule has 28 heavy (non-hydrogen) atoms. The van der Waals surface area contributed by atoms with Gasteiger partial charge in [-0.1, -0.05) is 43.7 Å². The summed E-state index contributed by atoms with van der Waals surface area (Å²) < 4.78 is 29.0. The summed E-state index contributed by atoms with van der Waals surface area (Å²) in [6.45, 7) is 2.75. The van der Waals surface area contributed by atoms with Gasteiger partial charge >= 0.3 is 0 Å². The quantitative estimate of drug-likeness (QED) is 0.401. The van der Waals surface area contributed by atoms with E-state index < -0.39 is 10.0 Å². The number of thiocarbonyl (C=S) groups is 1. The zero-order valence-electron chi connectivity index (χ0n) is 15.3. The van der Waals surface area contributed by atoms with Gasteiger partial charge < -0.3 is 4.42 Å². The van der Waals surface area contributed by atoms with Crippen LogP contribution in [0.25, 0.3) is 17.4 Å². The first-order chi connectivity index (χ1) is 13.3. The second-order valence-corrected chi connectivity index (χ2v) is 9.55. The first-order valence-electron chi connectivity index (χ1n) is 8.78. The normalized spacial score (nSPS) is 16.4. The van der Waals surface area contributed by atoms with E-state index in [0.717, 1.165) is 19.3 Å². The summed E-state index contributed by atoms with van der Waals surface area (Å²) in [7, 11) is -3.73. The Balaban J connectivity index is 1.75. The van der Waals surface area contributed by atoms with Crippen molar-refractivity contribution in [3.05, 3.63) is 47.1 Å². The van der Waals surface area contributed by atoms with Crippen LogP contribution in [-0.4, -0.2) is 30.1 Å². The van der Waals surface area contributed by atoms with E-state index >= 15 is 0 Å². The molecule has 0 spiro atoms. The maximum Gasteiger partial charge on any atom is 0.266 e. The number of nitrogens with zero attached hydrogens (tertiary/aromatic N) is 1. The summed E-state index contributed by atoms with van der Waals surface area (Å²) in [5, 5.41) is 5.11. The van der Waals surface area contributed by atoms with Crippen LogP contribution in [0.5, 0.6) is 0 Å². The van der Waals surface area contributed by atoms with Gasteiger partial charge in [0.25, 0.3) is 5.91 Å². The fourth-order valence-corrected chi connectivity index (χ4v) is 4.54. The molecule has 6 nitrogen and oxygen atoms in total. The molecule has 0 radical (unpaired) electrons. The Morgan fingerprint density at radius 2 is 1.89 bits per heavy atom.